The molecule has 1 aliphatic heterocycles. The predicted octanol–water partition coefficient (Wildman–Crippen LogP) is 4.16. The number of rotatable bonds is 6. The first-order chi connectivity index (χ1) is 13.2. The average molecular weight is 370 g/mol. The molecule has 0 bridgehead atoms. The van der Waals surface area contributed by atoms with Crippen molar-refractivity contribution in [3.05, 3.63) is 59.3 Å². The van der Waals surface area contributed by atoms with Crippen LogP contribution in [0, 0.1) is 11.7 Å². The molecule has 4 nitrogen and oxygen atoms in total. The van der Waals surface area contributed by atoms with Crippen LogP contribution in [0.3, 0.4) is 0 Å². The molecule has 0 unspecified atom stereocenters. The highest BCUT2D eigenvalue weighted by Crippen LogP contribution is 2.29. The van der Waals surface area contributed by atoms with Gasteiger partial charge in [0.05, 0.1) is 6.54 Å². The van der Waals surface area contributed by atoms with Crippen LogP contribution in [0.4, 0.5) is 4.39 Å². The van der Waals surface area contributed by atoms with Crippen LogP contribution in [-0.2, 0) is 13.0 Å². The predicted molar refractivity (Wildman–Crippen MR) is 102 cm³/mol. The van der Waals surface area contributed by atoms with E-state index in [1.807, 2.05) is 18.2 Å². The topological polar surface area (TPSA) is 45.5 Å². The Morgan fingerprint density at radius 1 is 1.07 bits per heavy atom. The first kappa shape index (κ1) is 18.2. The highest BCUT2D eigenvalue weighted by atomic mass is 19.1. The second-order valence-corrected chi connectivity index (χ2v) is 7.85. The van der Waals surface area contributed by atoms with E-state index in [0.29, 0.717) is 11.7 Å². The molecule has 1 aromatic carbocycles. The molecule has 1 aromatic heterocycles. The number of amides is 1. The van der Waals surface area contributed by atoms with Gasteiger partial charge in [0.2, 0.25) is 0 Å². The fraction of sp³-hybridized carbons (Fsp3) is 0.500. The first-order valence-corrected chi connectivity index (χ1v) is 10.0. The van der Waals surface area contributed by atoms with Crippen molar-refractivity contribution in [2.45, 2.75) is 51.1 Å². The molecule has 2 heterocycles. The summed E-state index contributed by atoms with van der Waals surface area (Å²) >= 11 is 0. The summed E-state index contributed by atoms with van der Waals surface area (Å²) in [5.74, 6) is 1.31. The quantitative estimate of drug-likeness (QED) is 0.831. The van der Waals surface area contributed by atoms with Gasteiger partial charge in [-0.3, -0.25) is 9.69 Å². The van der Waals surface area contributed by atoms with E-state index in [4.69, 9.17) is 4.42 Å². The summed E-state index contributed by atoms with van der Waals surface area (Å²) in [6.07, 6.45) is 6.52. The van der Waals surface area contributed by atoms with E-state index in [1.54, 1.807) is 6.07 Å². The Labute approximate surface area is 159 Å². The van der Waals surface area contributed by atoms with Gasteiger partial charge in [0.1, 0.15) is 11.6 Å². The summed E-state index contributed by atoms with van der Waals surface area (Å²) in [7, 11) is 0. The van der Waals surface area contributed by atoms with Crippen LogP contribution in [0.25, 0.3) is 0 Å². The van der Waals surface area contributed by atoms with E-state index < -0.39 is 0 Å². The normalized spacial score (nSPS) is 23.0. The van der Waals surface area contributed by atoms with Crippen molar-refractivity contribution in [3.8, 4) is 0 Å². The molecule has 0 spiro atoms. The smallest absolute Gasteiger partial charge is 0.287 e. The minimum absolute atomic E-state index is 0.126. The van der Waals surface area contributed by atoms with Gasteiger partial charge >= 0.3 is 0 Å². The second-order valence-electron chi connectivity index (χ2n) is 7.85. The fourth-order valence-corrected chi connectivity index (χ4v) is 4.38. The summed E-state index contributed by atoms with van der Waals surface area (Å²) in [4.78, 5) is 15.0. The zero-order valence-electron chi connectivity index (χ0n) is 15.6. The van der Waals surface area contributed by atoms with Crippen molar-refractivity contribution in [3.63, 3.8) is 0 Å². The Morgan fingerprint density at radius 3 is 2.63 bits per heavy atom. The number of benzene rings is 1. The van der Waals surface area contributed by atoms with Gasteiger partial charge in [-0.15, -0.1) is 0 Å². The number of halogens is 1. The molecule has 2 aromatic rings. The number of hydrogen-bond acceptors (Lipinski definition) is 3. The molecule has 5 heteroatoms. The minimum Gasteiger partial charge on any atom is -0.455 e. The summed E-state index contributed by atoms with van der Waals surface area (Å²) in [5, 5.41) is 3.16. The molecule has 1 aliphatic carbocycles. The van der Waals surface area contributed by atoms with Gasteiger partial charge in [0, 0.05) is 6.04 Å². The number of nitrogens with one attached hydrogen (secondary N) is 1. The molecule has 1 N–H and O–H groups in total. The van der Waals surface area contributed by atoms with E-state index in [1.165, 1.54) is 25.0 Å². The monoisotopic (exact) mass is 370 g/mol. The molecular formula is C22H27FN2O2. The lowest BCUT2D eigenvalue weighted by Crippen LogP contribution is -2.37. The van der Waals surface area contributed by atoms with E-state index in [-0.39, 0.29) is 17.8 Å². The van der Waals surface area contributed by atoms with Gasteiger partial charge < -0.3 is 9.73 Å². The largest absolute Gasteiger partial charge is 0.455 e. The van der Waals surface area contributed by atoms with Crippen molar-refractivity contribution in [1.82, 2.24) is 10.2 Å². The molecule has 1 saturated heterocycles. The molecule has 0 radical (unpaired) electrons. The fourth-order valence-electron chi connectivity index (χ4n) is 4.38. The van der Waals surface area contributed by atoms with Crippen LogP contribution < -0.4 is 5.32 Å². The number of carbonyl (C=O) groups excluding carboxylic acids is 1. The van der Waals surface area contributed by atoms with Crippen LogP contribution in [0.5, 0.6) is 0 Å². The molecule has 2 atom stereocenters. The van der Waals surface area contributed by atoms with E-state index in [2.05, 4.69) is 10.2 Å². The third-order valence-electron chi connectivity index (χ3n) is 5.85. The molecule has 2 fully saturated rings. The maximum atomic E-state index is 13.1. The summed E-state index contributed by atoms with van der Waals surface area (Å²) in [6, 6.07) is 10.5. The minimum atomic E-state index is -0.211. The van der Waals surface area contributed by atoms with Crippen LogP contribution in [0.1, 0.15) is 54.0 Å². The lowest BCUT2D eigenvalue weighted by atomic mass is 9.94. The van der Waals surface area contributed by atoms with Crippen LogP contribution in [0.15, 0.2) is 40.8 Å². The molecule has 2 aliphatic rings. The van der Waals surface area contributed by atoms with Crippen molar-refractivity contribution < 1.29 is 13.6 Å². The molecule has 27 heavy (non-hydrogen) atoms. The number of hydrogen-bond donors (Lipinski definition) is 1. The van der Waals surface area contributed by atoms with Crippen LogP contribution in [0.2, 0.25) is 0 Å². The average Bonchev–Trinajstić information content (AvgIpc) is 3.41. The Kier molecular flexibility index (Phi) is 5.58. The Morgan fingerprint density at radius 2 is 1.85 bits per heavy atom. The van der Waals surface area contributed by atoms with Crippen molar-refractivity contribution in [1.29, 1.82) is 0 Å². The van der Waals surface area contributed by atoms with Crippen molar-refractivity contribution >= 4 is 5.91 Å². The zero-order valence-corrected chi connectivity index (χ0v) is 15.6. The number of carbonyl (C=O) groups is 1. The van der Waals surface area contributed by atoms with Crippen molar-refractivity contribution in [2.24, 2.45) is 5.92 Å². The molecular weight excluding hydrogens is 343 g/mol. The van der Waals surface area contributed by atoms with Gasteiger partial charge in [-0.25, -0.2) is 4.39 Å². The lowest BCUT2D eigenvalue weighted by molar-refractivity contribution is 0.0896. The van der Waals surface area contributed by atoms with Gasteiger partial charge in [0.25, 0.3) is 5.91 Å². The van der Waals surface area contributed by atoms with Crippen molar-refractivity contribution in [2.75, 3.05) is 13.1 Å². The summed E-state index contributed by atoms with van der Waals surface area (Å²) in [5.41, 5.74) is 1.12. The van der Waals surface area contributed by atoms with Gasteiger partial charge in [-0.05, 0) is 80.9 Å². The highest BCUT2D eigenvalue weighted by molar-refractivity contribution is 5.91. The van der Waals surface area contributed by atoms with Gasteiger partial charge in [-0.2, -0.15) is 0 Å². The standard InChI is InChI=1S/C22H27FN2O2/c23-18-8-6-16(7-9-18)14-17-4-3-5-20(17)24-22(26)21-11-10-19(27-21)15-25-12-1-2-13-25/h6-11,17,20H,1-5,12-15H2,(H,24,26)/t17-,20-/m0/s1. The molecule has 1 amide bonds. The molecule has 4 rings (SSSR count). The number of likely N-dealkylation sites (tertiary alicyclic amines) is 1. The molecule has 144 valence electrons. The lowest BCUT2D eigenvalue weighted by Gasteiger charge is -2.20. The van der Waals surface area contributed by atoms with Gasteiger partial charge in [-0.1, -0.05) is 18.6 Å². The van der Waals surface area contributed by atoms with E-state index >= 15 is 0 Å². The summed E-state index contributed by atoms with van der Waals surface area (Å²) in [6.45, 7) is 2.99. The SMILES string of the molecule is O=C(N[C@H]1CCC[C@H]1Cc1ccc(F)cc1)c1ccc(CN2CCCC2)o1. The Bertz CT molecular complexity index is 765. The van der Waals surface area contributed by atoms with E-state index in [0.717, 1.165) is 56.6 Å². The summed E-state index contributed by atoms with van der Waals surface area (Å²) < 4.78 is 18.9. The number of nitrogens with zero attached hydrogens (tertiary/aromatic N) is 1. The highest BCUT2D eigenvalue weighted by Gasteiger charge is 2.29. The van der Waals surface area contributed by atoms with E-state index in [9.17, 15) is 9.18 Å². The number of furan rings is 1. The third kappa shape index (κ3) is 4.59. The Balaban J connectivity index is 1.34. The second kappa shape index (κ2) is 8.26. The zero-order chi connectivity index (χ0) is 18.6. The third-order valence-corrected chi connectivity index (χ3v) is 5.85. The van der Waals surface area contributed by atoms with Crippen LogP contribution >= 0.6 is 0 Å². The van der Waals surface area contributed by atoms with Crippen LogP contribution in [-0.4, -0.2) is 29.9 Å². The maximum absolute atomic E-state index is 13.1. The first-order valence-electron chi connectivity index (χ1n) is 10.0. The Hall–Kier alpha value is -2.14. The maximum Gasteiger partial charge on any atom is 0.287 e. The molecule has 1 saturated carbocycles. The van der Waals surface area contributed by atoms with Gasteiger partial charge in [0.15, 0.2) is 5.76 Å².